The average molecular weight is 181 g/mol. The summed E-state index contributed by atoms with van der Waals surface area (Å²) in [5, 5.41) is 0. The van der Waals surface area contributed by atoms with E-state index in [4.69, 9.17) is 5.73 Å². The van der Waals surface area contributed by atoms with Gasteiger partial charge in [0.25, 0.3) is 0 Å². The van der Waals surface area contributed by atoms with Crippen LogP contribution < -0.4 is 5.73 Å². The zero-order valence-electron chi connectivity index (χ0n) is 8.71. The molecule has 0 heterocycles. The van der Waals surface area contributed by atoms with Crippen LogP contribution >= 0.6 is 0 Å². The highest BCUT2D eigenvalue weighted by Gasteiger charge is 2.35. The molecule has 2 atom stereocenters. The number of carbonyl (C=O) groups is 1. The molecule has 2 heteroatoms. The van der Waals surface area contributed by atoms with Crippen molar-refractivity contribution >= 4 is 5.91 Å². The second kappa shape index (κ2) is 3.52. The number of rotatable bonds is 2. The first kappa shape index (κ1) is 10.3. The molecular weight excluding hydrogens is 162 g/mol. The van der Waals surface area contributed by atoms with Crippen LogP contribution in [0.15, 0.2) is 12.2 Å². The van der Waals surface area contributed by atoms with Crippen molar-refractivity contribution in [3.63, 3.8) is 0 Å². The lowest BCUT2D eigenvalue weighted by molar-refractivity contribution is -0.120. The molecule has 0 spiro atoms. The van der Waals surface area contributed by atoms with Crippen molar-refractivity contribution in [2.24, 2.45) is 23.0 Å². The maximum atomic E-state index is 10.9. The van der Waals surface area contributed by atoms with E-state index in [9.17, 15) is 4.79 Å². The maximum absolute atomic E-state index is 10.9. The van der Waals surface area contributed by atoms with Crippen LogP contribution in [-0.2, 0) is 4.79 Å². The number of allylic oxidation sites excluding steroid dienone is 2. The van der Waals surface area contributed by atoms with Gasteiger partial charge >= 0.3 is 0 Å². The molecule has 1 rings (SSSR count). The number of hydrogen-bond donors (Lipinski definition) is 1. The van der Waals surface area contributed by atoms with E-state index in [0.717, 1.165) is 6.42 Å². The Morgan fingerprint density at radius 2 is 2.23 bits per heavy atom. The summed E-state index contributed by atoms with van der Waals surface area (Å²) in [5.41, 5.74) is 5.43. The van der Waals surface area contributed by atoms with E-state index in [1.807, 2.05) is 0 Å². The van der Waals surface area contributed by atoms with Gasteiger partial charge in [0, 0.05) is 6.42 Å². The van der Waals surface area contributed by atoms with Gasteiger partial charge in [0.2, 0.25) is 5.91 Å². The molecule has 0 aromatic heterocycles. The Morgan fingerprint density at radius 1 is 1.62 bits per heavy atom. The van der Waals surface area contributed by atoms with Gasteiger partial charge in [0.1, 0.15) is 0 Å². The SMILES string of the molecule is CC1C=CCC(CC(N)=O)C1(C)C. The van der Waals surface area contributed by atoms with Gasteiger partial charge in [0.15, 0.2) is 0 Å². The first-order chi connectivity index (χ1) is 5.94. The largest absolute Gasteiger partial charge is 0.370 e. The number of nitrogens with two attached hydrogens (primary N) is 1. The molecule has 0 radical (unpaired) electrons. The van der Waals surface area contributed by atoms with Gasteiger partial charge in [-0.15, -0.1) is 0 Å². The van der Waals surface area contributed by atoms with Crippen LogP contribution in [0.25, 0.3) is 0 Å². The fourth-order valence-corrected chi connectivity index (χ4v) is 1.96. The predicted molar refractivity (Wildman–Crippen MR) is 54.0 cm³/mol. The standard InChI is InChI=1S/C11H19NO/c1-8-5-4-6-9(7-10(12)13)11(8,2)3/h4-5,8-9H,6-7H2,1-3H3,(H2,12,13). The Morgan fingerprint density at radius 3 is 2.77 bits per heavy atom. The second-order valence-corrected chi connectivity index (χ2v) is 4.64. The Bertz CT molecular complexity index is 230. The summed E-state index contributed by atoms with van der Waals surface area (Å²) >= 11 is 0. The molecule has 0 fully saturated rings. The molecule has 0 aliphatic heterocycles. The van der Waals surface area contributed by atoms with Crippen LogP contribution in [0.1, 0.15) is 33.6 Å². The molecule has 74 valence electrons. The van der Waals surface area contributed by atoms with E-state index in [1.165, 1.54) is 0 Å². The summed E-state index contributed by atoms with van der Waals surface area (Å²) in [6.07, 6.45) is 5.91. The lowest BCUT2D eigenvalue weighted by Crippen LogP contribution is -2.35. The molecule has 0 bridgehead atoms. The third-order valence-electron chi connectivity index (χ3n) is 3.52. The summed E-state index contributed by atoms with van der Waals surface area (Å²) in [6.45, 7) is 6.63. The van der Waals surface area contributed by atoms with E-state index in [0.29, 0.717) is 18.3 Å². The van der Waals surface area contributed by atoms with E-state index in [1.54, 1.807) is 0 Å². The number of amides is 1. The molecule has 2 N–H and O–H groups in total. The minimum absolute atomic E-state index is 0.180. The van der Waals surface area contributed by atoms with Gasteiger partial charge in [-0.25, -0.2) is 0 Å². The fourth-order valence-electron chi connectivity index (χ4n) is 1.96. The summed E-state index contributed by atoms with van der Waals surface area (Å²) in [6, 6.07) is 0. The third kappa shape index (κ3) is 2.11. The van der Waals surface area contributed by atoms with Crippen LogP contribution in [-0.4, -0.2) is 5.91 Å². The van der Waals surface area contributed by atoms with Crippen molar-refractivity contribution in [2.45, 2.75) is 33.6 Å². The Kier molecular flexibility index (Phi) is 2.79. The molecule has 0 saturated heterocycles. The quantitative estimate of drug-likeness (QED) is 0.651. The predicted octanol–water partition coefficient (Wildman–Crippen LogP) is 2.10. The monoisotopic (exact) mass is 181 g/mol. The molecule has 1 aliphatic rings. The first-order valence-electron chi connectivity index (χ1n) is 4.89. The fraction of sp³-hybridized carbons (Fsp3) is 0.727. The Balaban J connectivity index is 2.74. The van der Waals surface area contributed by atoms with Crippen molar-refractivity contribution in [3.8, 4) is 0 Å². The smallest absolute Gasteiger partial charge is 0.217 e. The summed E-state index contributed by atoms with van der Waals surface area (Å²) in [7, 11) is 0. The minimum Gasteiger partial charge on any atom is -0.370 e. The van der Waals surface area contributed by atoms with Crippen LogP contribution in [0, 0.1) is 17.3 Å². The molecule has 13 heavy (non-hydrogen) atoms. The molecule has 0 saturated carbocycles. The van der Waals surface area contributed by atoms with Crippen molar-refractivity contribution in [1.29, 1.82) is 0 Å². The van der Waals surface area contributed by atoms with E-state index >= 15 is 0 Å². The van der Waals surface area contributed by atoms with Gasteiger partial charge in [0.05, 0.1) is 0 Å². The summed E-state index contributed by atoms with van der Waals surface area (Å²) in [5.74, 6) is 0.760. The van der Waals surface area contributed by atoms with Crippen molar-refractivity contribution < 1.29 is 4.79 Å². The Labute approximate surface area is 80.2 Å². The van der Waals surface area contributed by atoms with Crippen molar-refractivity contribution in [3.05, 3.63) is 12.2 Å². The average Bonchev–Trinajstić information content (AvgIpc) is 1.99. The highest BCUT2D eigenvalue weighted by molar-refractivity contribution is 5.74. The molecule has 0 aromatic rings. The molecule has 0 aromatic carbocycles. The first-order valence-corrected chi connectivity index (χ1v) is 4.89. The maximum Gasteiger partial charge on any atom is 0.217 e. The molecule has 2 unspecified atom stereocenters. The zero-order chi connectivity index (χ0) is 10.1. The highest BCUT2D eigenvalue weighted by atomic mass is 16.1. The van der Waals surface area contributed by atoms with Crippen molar-refractivity contribution in [2.75, 3.05) is 0 Å². The minimum atomic E-state index is -0.180. The summed E-state index contributed by atoms with van der Waals surface area (Å²) < 4.78 is 0. The van der Waals surface area contributed by atoms with Gasteiger partial charge in [-0.05, 0) is 23.7 Å². The van der Waals surface area contributed by atoms with Gasteiger partial charge in [-0.3, -0.25) is 4.79 Å². The number of hydrogen-bond acceptors (Lipinski definition) is 1. The molecule has 1 aliphatic carbocycles. The normalized spacial score (nSPS) is 31.6. The topological polar surface area (TPSA) is 43.1 Å². The van der Waals surface area contributed by atoms with Gasteiger partial charge < -0.3 is 5.73 Å². The third-order valence-corrected chi connectivity index (χ3v) is 3.52. The van der Waals surface area contributed by atoms with E-state index in [2.05, 4.69) is 32.9 Å². The molecule has 1 amide bonds. The Hall–Kier alpha value is -0.790. The zero-order valence-corrected chi connectivity index (χ0v) is 8.71. The lowest BCUT2D eigenvalue weighted by Gasteiger charge is -2.40. The number of primary amides is 1. The van der Waals surface area contributed by atoms with Gasteiger partial charge in [-0.1, -0.05) is 32.9 Å². The summed E-state index contributed by atoms with van der Waals surface area (Å²) in [4.78, 5) is 10.9. The highest BCUT2D eigenvalue weighted by Crippen LogP contribution is 2.42. The van der Waals surface area contributed by atoms with E-state index in [-0.39, 0.29) is 11.3 Å². The van der Waals surface area contributed by atoms with E-state index < -0.39 is 0 Å². The van der Waals surface area contributed by atoms with Gasteiger partial charge in [-0.2, -0.15) is 0 Å². The second-order valence-electron chi connectivity index (χ2n) is 4.64. The molecule has 2 nitrogen and oxygen atoms in total. The van der Waals surface area contributed by atoms with Crippen LogP contribution in [0.5, 0.6) is 0 Å². The van der Waals surface area contributed by atoms with Crippen molar-refractivity contribution in [1.82, 2.24) is 0 Å². The number of carbonyl (C=O) groups excluding carboxylic acids is 1. The molecular formula is C11H19NO. The van der Waals surface area contributed by atoms with Crippen LogP contribution in [0.3, 0.4) is 0 Å². The lowest BCUT2D eigenvalue weighted by atomic mass is 9.65. The van der Waals surface area contributed by atoms with Crippen LogP contribution in [0.4, 0.5) is 0 Å². The van der Waals surface area contributed by atoms with Crippen LogP contribution in [0.2, 0.25) is 0 Å².